The number of aryl methyl sites for hydroxylation is 1. The van der Waals surface area contributed by atoms with Crippen molar-refractivity contribution in [1.29, 1.82) is 0 Å². The van der Waals surface area contributed by atoms with Crippen molar-refractivity contribution in [1.82, 2.24) is 13.9 Å². The van der Waals surface area contributed by atoms with Crippen molar-refractivity contribution >= 4 is 32.4 Å². The highest BCUT2D eigenvalue weighted by Crippen LogP contribution is 2.23. The van der Waals surface area contributed by atoms with Crippen LogP contribution in [-0.2, 0) is 23.1 Å². The molecule has 3 aromatic rings. The Morgan fingerprint density at radius 3 is 2.68 bits per heavy atom. The minimum absolute atomic E-state index is 0.253. The molecule has 0 aliphatic heterocycles. The van der Waals surface area contributed by atoms with Gasteiger partial charge in [0.15, 0.2) is 0 Å². The summed E-state index contributed by atoms with van der Waals surface area (Å²) in [5, 5.41) is 1.77. The van der Waals surface area contributed by atoms with Crippen molar-refractivity contribution < 1.29 is 8.42 Å². The van der Waals surface area contributed by atoms with E-state index in [1.54, 1.807) is 24.6 Å². The molecule has 3 rings (SSSR count). The molecule has 5 nitrogen and oxygen atoms in total. The molecule has 0 aliphatic rings. The van der Waals surface area contributed by atoms with E-state index in [0.29, 0.717) is 4.21 Å². The lowest BCUT2D eigenvalue weighted by Gasteiger charge is -2.16. The molecular weight excluding hydrogens is 318 g/mol. The highest BCUT2D eigenvalue weighted by Gasteiger charge is 2.23. The second kappa shape index (κ2) is 5.83. The molecule has 0 bridgehead atoms. The fourth-order valence-electron chi connectivity index (χ4n) is 2.45. The second-order valence-electron chi connectivity index (χ2n) is 4.95. The van der Waals surface area contributed by atoms with Gasteiger partial charge in [0.2, 0.25) is 0 Å². The van der Waals surface area contributed by atoms with Crippen LogP contribution in [0, 0.1) is 0 Å². The van der Waals surface area contributed by atoms with Gasteiger partial charge in [0.05, 0.1) is 17.6 Å². The Balaban J connectivity index is 1.96. The molecule has 7 heteroatoms. The van der Waals surface area contributed by atoms with Gasteiger partial charge in [-0.25, -0.2) is 13.4 Å². The maximum atomic E-state index is 12.5. The Hall–Kier alpha value is -1.70. The molecule has 0 aliphatic carbocycles. The van der Waals surface area contributed by atoms with Crippen LogP contribution in [0.25, 0.3) is 11.0 Å². The number of imidazole rings is 1. The van der Waals surface area contributed by atoms with Crippen LogP contribution in [0.5, 0.6) is 0 Å². The summed E-state index contributed by atoms with van der Waals surface area (Å²) >= 11 is 1.23. The SMILES string of the molecule is CCn1c(CN(C)S(=O)(=O)c2cccs2)nc2ccccc21. The summed E-state index contributed by atoms with van der Waals surface area (Å²) in [7, 11) is -1.87. The molecule has 0 radical (unpaired) electrons. The molecule has 2 heterocycles. The number of nitrogens with zero attached hydrogens (tertiary/aromatic N) is 3. The van der Waals surface area contributed by atoms with Gasteiger partial charge < -0.3 is 4.57 Å². The van der Waals surface area contributed by atoms with Crippen LogP contribution in [0.1, 0.15) is 12.7 Å². The molecule has 0 atom stereocenters. The zero-order chi connectivity index (χ0) is 15.7. The molecule has 0 saturated heterocycles. The number of thiophene rings is 1. The lowest BCUT2D eigenvalue weighted by molar-refractivity contribution is 0.450. The molecule has 116 valence electrons. The lowest BCUT2D eigenvalue weighted by Crippen LogP contribution is -2.27. The fourth-order valence-corrected chi connectivity index (χ4v) is 4.77. The van der Waals surface area contributed by atoms with Gasteiger partial charge in [0.1, 0.15) is 10.0 Å². The normalized spacial score (nSPS) is 12.3. The van der Waals surface area contributed by atoms with E-state index in [-0.39, 0.29) is 6.54 Å². The van der Waals surface area contributed by atoms with Gasteiger partial charge in [0, 0.05) is 13.6 Å². The highest BCUT2D eigenvalue weighted by molar-refractivity contribution is 7.91. The number of para-hydroxylation sites is 2. The van der Waals surface area contributed by atoms with Crippen LogP contribution >= 0.6 is 11.3 Å². The minimum atomic E-state index is -3.46. The zero-order valence-electron chi connectivity index (χ0n) is 12.4. The van der Waals surface area contributed by atoms with E-state index in [1.807, 2.05) is 31.2 Å². The monoisotopic (exact) mass is 335 g/mol. The fraction of sp³-hybridized carbons (Fsp3) is 0.267. The van der Waals surface area contributed by atoms with Gasteiger partial charge >= 0.3 is 0 Å². The predicted molar refractivity (Wildman–Crippen MR) is 88.4 cm³/mol. The average Bonchev–Trinajstić information content (AvgIpc) is 3.14. The van der Waals surface area contributed by atoms with Crippen LogP contribution in [0.2, 0.25) is 0 Å². The van der Waals surface area contributed by atoms with Gasteiger partial charge in [-0.3, -0.25) is 0 Å². The smallest absolute Gasteiger partial charge is 0.252 e. The zero-order valence-corrected chi connectivity index (χ0v) is 14.1. The van der Waals surface area contributed by atoms with Crippen LogP contribution in [-0.4, -0.2) is 29.3 Å². The number of hydrogen-bond donors (Lipinski definition) is 0. The van der Waals surface area contributed by atoms with Crippen LogP contribution in [0.4, 0.5) is 0 Å². The lowest BCUT2D eigenvalue weighted by atomic mass is 10.3. The van der Waals surface area contributed by atoms with Crippen molar-refractivity contribution in [2.75, 3.05) is 7.05 Å². The first-order valence-corrected chi connectivity index (χ1v) is 9.30. The molecule has 0 saturated carbocycles. The third-order valence-corrected chi connectivity index (χ3v) is 6.75. The molecular formula is C15H17N3O2S2. The number of hydrogen-bond acceptors (Lipinski definition) is 4. The second-order valence-corrected chi connectivity index (χ2v) is 8.17. The first-order chi connectivity index (χ1) is 10.5. The van der Waals surface area contributed by atoms with Gasteiger partial charge in [-0.05, 0) is 30.5 Å². The van der Waals surface area contributed by atoms with Crippen molar-refractivity contribution in [3.8, 4) is 0 Å². The number of fused-ring (bicyclic) bond motifs is 1. The van der Waals surface area contributed by atoms with Crippen molar-refractivity contribution in [2.45, 2.75) is 24.2 Å². The molecule has 22 heavy (non-hydrogen) atoms. The topological polar surface area (TPSA) is 55.2 Å². The predicted octanol–water partition coefficient (Wildman–Crippen LogP) is 2.94. The Bertz CT molecular complexity index is 883. The van der Waals surface area contributed by atoms with E-state index in [0.717, 1.165) is 23.4 Å². The molecule has 0 unspecified atom stereocenters. The molecule has 0 fully saturated rings. The first kappa shape index (κ1) is 15.2. The Kier molecular flexibility index (Phi) is 4.03. The maximum Gasteiger partial charge on any atom is 0.252 e. The van der Waals surface area contributed by atoms with Gasteiger partial charge in [-0.15, -0.1) is 11.3 Å². The van der Waals surface area contributed by atoms with E-state index in [4.69, 9.17) is 0 Å². The number of rotatable bonds is 5. The van der Waals surface area contributed by atoms with Crippen molar-refractivity contribution in [2.24, 2.45) is 0 Å². The van der Waals surface area contributed by atoms with Crippen LogP contribution < -0.4 is 0 Å². The largest absolute Gasteiger partial charge is 0.327 e. The summed E-state index contributed by atoms with van der Waals surface area (Å²) in [6.07, 6.45) is 0. The summed E-state index contributed by atoms with van der Waals surface area (Å²) in [5.41, 5.74) is 1.92. The first-order valence-electron chi connectivity index (χ1n) is 6.98. The Morgan fingerprint density at radius 2 is 2.00 bits per heavy atom. The van der Waals surface area contributed by atoms with Crippen molar-refractivity contribution in [3.63, 3.8) is 0 Å². The molecule has 2 aromatic heterocycles. The van der Waals surface area contributed by atoms with Crippen LogP contribution in [0.15, 0.2) is 46.0 Å². The van der Waals surface area contributed by atoms with E-state index in [1.165, 1.54) is 15.6 Å². The van der Waals surface area contributed by atoms with E-state index in [9.17, 15) is 8.42 Å². The van der Waals surface area contributed by atoms with Gasteiger partial charge in [0.25, 0.3) is 10.0 Å². The number of benzene rings is 1. The highest BCUT2D eigenvalue weighted by atomic mass is 32.2. The Labute approximate surface area is 133 Å². The summed E-state index contributed by atoms with van der Waals surface area (Å²) in [6.45, 7) is 3.04. The minimum Gasteiger partial charge on any atom is -0.327 e. The molecule has 0 N–H and O–H groups in total. The van der Waals surface area contributed by atoms with Crippen molar-refractivity contribution in [3.05, 3.63) is 47.6 Å². The third kappa shape index (κ3) is 2.55. The summed E-state index contributed by atoms with van der Waals surface area (Å²) in [6, 6.07) is 11.2. The quantitative estimate of drug-likeness (QED) is 0.720. The third-order valence-electron chi connectivity index (χ3n) is 3.57. The number of aromatic nitrogens is 2. The van der Waals surface area contributed by atoms with Gasteiger partial charge in [-0.1, -0.05) is 18.2 Å². The molecule has 0 spiro atoms. The standard InChI is InChI=1S/C15H17N3O2S2/c1-3-18-13-8-5-4-7-12(13)16-14(18)11-17(2)22(19,20)15-9-6-10-21-15/h4-10H,3,11H2,1-2H3. The summed E-state index contributed by atoms with van der Waals surface area (Å²) in [5.74, 6) is 0.756. The van der Waals surface area contributed by atoms with E-state index in [2.05, 4.69) is 9.55 Å². The van der Waals surface area contributed by atoms with E-state index >= 15 is 0 Å². The Morgan fingerprint density at radius 1 is 1.23 bits per heavy atom. The van der Waals surface area contributed by atoms with Crippen LogP contribution in [0.3, 0.4) is 0 Å². The molecule has 1 aromatic carbocycles. The number of sulfonamides is 1. The van der Waals surface area contributed by atoms with E-state index < -0.39 is 10.0 Å². The maximum absolute atomic E-state index is 12.5. The summed E-state index contributed by atoms with van der Waals surface area (Å²) < 4.78 is 28.8. The van der Waals surface area contributed by atoms with Gasteiger partial charge in [-0.2, -0.15) is 4.31 Å². The average molecular weight is 335 g/mol. The molecule has 0 amide bonds. The summed E-state index contributed by atoms with van der Waals surface area (Å²) in [4.78, 5) is 4.58.